The third-order valence-corrected chi connectivity index (χ3v) is 5.54. The molecule has 3 N–H and O–H groups in total. The van der Waals surface area contributed by atoms with Gasteiger partial charge in [0.2, 0.25) is 0 Å². The summed E-state index contributed by atoms with van der Waals surface area (Å²) in [6, 6.07) is 14.3. The second-order valence-corrected chi connectivity index (χ2v) is 7.42. The number of rotatable bonds is 5. The van der Waals surface area contributed by atoms with Gasteiger partial charge in [-0.1, -0.05) is 41.1 Å². The number of anilines is 1. The largest absolute Gasteiger partial charge is 0.487 e. The van der Waals surface area contributed by atoms with E-state index in [1.54, 1.807) is 25.3 Å². The number of carbonyl (C=O) groups is 1. The van der Waals surface area contributed by atoms with Crippen LogP contribution in [0.3, 0.4) is 0 Å². The SMILES string of the molecule is COc1ccc(-c2nc3cc(C(=O)NCc4ccccc4Cl)cc(N)n3n2)s1. The van der Waals surface area contributed by atoms with Gasteiger partial charge >= 0.3 is 0 Å². The summed E-state index contributed by atoms with van der Waals surface area (Å²) in [6.45, 7) is 0.316. The van der Waals surface area contributed by atoms with E-state index in [-0.39, 0.29) is 5.91 Å². The molecule has 0 unspecified atom stereocenters. The first-order valence-corrected chi connectivity index (χ1v) is 9.56. The van der Waals surface area contributed by atoms with Crippen LogP contribution in [0.15, 0.2) is 48.5 Å². The number of nitrogens with two attached hydrogens (primary N) is 1. The number of nitrogens with one attached hydrogen (secondary N) is 1. The number of benzene rings is 1. The van der Waals surface area contributed by atoms with Gasteiger partial charge in [0.25, 0.3) is 5.91 Å². The summed E-state index contributed by atoms with van der Waals surface area (Å²) >= 11 is 7.56. The first-order valence-electron chi connectivity index (χ1n) is 8.37. The van der Waals surface area contributed by atoms with Crippen molar-refractivity contribution in [2.45, 2.75) is 6.54 Å². The zero-order chi connectivity index (χ0) is 19.7. The van der Waals surface area contributed by atoms with Crippen molar-refractivity contribution in [3.05, 3.63) is 64.7 Å². The maximum absolute atomic E-state index is 12.6. The number of hydrogen-bond acceptors (Lipinski definition) is 6. The lowest BCUT2D eigenvalue weighted by atomic mass is 10.2. The van der Waals surface area contributed by atoms with Crippen molar-refractivity contribution in [3.63, 3.8) is 0 Å². The summed E-state index contributed by atoms with van der Waals surface area (Å²) in [5, 5.41) is 8.64. The van der Waals surface area contributed by atoms with Crippen LogP contribution >= 0.6 is 22.9 Å². The van der Waals surface area contributed by atoms with E-state index in [9.17, 15) is 4.79 Å². The molecule has 4 rings (SSSR count). The Kier molecular flexibility index (Phi) is 4.89. The number of nitrogen functional groups attached to an aromatic ring is 1. The van der Waals surface area contributed by atoms with Gasteiger partial charge in [0, 0.05) is 17.1 Å². The minimum Gasteiger partial charge on any atom is -0.487 e. The molecule has 0 aliphatic rings. The fraction of sp³-hybridized carbons (Fsp3) is 0.105. The monoisotopic (exact) mass is 413 g/mol. The maximum atomic E-state index is 12.6. The van der Waals surface area contributed by atoms with E-state index in [1.807, 2.05) is 30.3 Å². The van der Waals surface area contributed by atoms with Crippen LogP contribution in [0.1, 0.15) is 15.9 Å². The number of carbonyl (C=O) groups excluding carboxylic acids is 1. The minimum absolute atomic E-state index is 0.267. The molecule has 1 amide bonds. The van der Waals surface area contributed by atoms with Gasteiger partial charge in [0.05, 0.1) is 12.0 Å². The number of pyridine rings is 1. The average molecular weight is 414 g/mol. The van der Waals surface area contributed by atoms with Gasteiger partial charge in [-0.3, -0.25) is 4.79 Å². The number of ether oxygens (including phenoxy) is 1. The van der Waals surface area contributed by atoms with Gasteiger partial charge in [0.1, 0.15) is 5.82 Å². The number of thiophene rings is 1. The number of amides is 1. The summed E-state index contributed by atoms with van der Waals surface area (Å²) in [7, 11) is 1.61. The molecule has 0 saturated carbocycles. The zero-order valence-corrected chi connectivity index (χ0v) is 16.4. The fourth-order valence-electron chi connectivity index (χ4n) is 2.71. The molecular formula is C19H16ClN5O2S. The first kappa shape index (κ1) is 18.3. The Hall–Kier alpha value is -3.10. The second-order valence-electron chi connectivity index (χ2n) is 5.97. The third kappa shape index (κ3) is 3.51. The molecular weight excluding hydrogens is 398 g/mol. The van der Waals surface area contributed by atoms with Crippen LogP contribution in [-0.2, 0) is 6.54 Å². The van der Waals surface area contributed by atoms with Crippen molar-refractivity contribution >= 4 is 40.3 Å². The molecule has 3 heterocycles. The highest BCUT2D eigenvalue weighted by Crippen LogP contribution is 2.31. The van der Waals surface area contributed by atoms with Gasteiger partial charge in [-0.25, -0.2) is 4.98 Å². The molecule has 4 aromatic rings. The van der Waals surface area contributed by atoms with Crippen molar-refractivity contribution in [1.29, 1.82) is 0 Å². The number of halogens is 1. The molecule has 0 aliphatic carbocycles. The van der Waals surface area contributed by atoms with Crippen LogP contribution in [0.25, 0.3) is 16.3 Å². The third-order valence-electron chi connectivity index (χ3n) is 4.13. The highest BCUT2D eigenvalue weighted by Gasteiger charge is 2.15. The summed E-state index contributed by atoms with van der Waals surface area (Å²) < 4.78 is 6.71. The molecule has 3 aromatic heterocycles. The van der Waals surface area contributed by atoms with Crippen LogP contribution in [0, 0.1) is 0 Å². The summed E-state index contributed by atoms with van der Waals surface area (Å²) in [4.78, 5) is 17.9. The molecule has 1 aromatic carbocycles. The molecule has 0 spiro atoms. The van der Waals surface area contributed by atoms with Crippen molar-refractivity contribution in [2.24, 2.45) is 0 Å². The number of aromatic nitrogens is 3. The minimum atomic E-state index is -0.267. The molecule has 7 nitrogen and oxygen atoms in total. The van der Waals surface area contributed by atoms with Gasteiger partial charge in [0.15, 0.2) is 16.5 Å². The van der Waals surface area contributed by atoms with Crippen LogP contribution in [0.4, 0.5) is 5.82 Å². The smallest absolute Gasteiger partial charge is 0.251 e. The number of hydrogen-bond donors (Lipinski definition) is 2. The Balaban J connectivity index is 1.59. The van der Waals surface area contributed by atoms with Gasteiger partial charge < -0.3 is 15.8 Å². The van der Waals surface area contributed by atoms with E-state index >= 15 is 0 Å². The number of nitrogens with zero attached hydrogens (tertiary/aromatic N) is 3. The predicted molar refractivity (Wildman–Crippen MR) is 110 cm³/mol. The Morgan fingerprint density at radius 3 is 2.86 bits per heavy atom. The van der Waals surface area contributed by atoms with Crippen LogP contribution in [0.2, 0.25) is 5.02 Å². The lowest BCUT2D eigenvalue weighted by molar-refractivity contribution is 0.0951. The highest BCUT2D eigenvalue weighted by atomic mass is 35.5. The van der Waals surface area contributed by atoms with Crippen molar-refractivity contribution in [1.82, 2.24) is 19.9 Å². The van der Waals surface area contributed by atoms with Gasteiger partial charge in [-0.15, -0.1) is 5.10 Å². The predicted octanol–water partition coefficient (Wildman–Crippen LogP) is 3.63. The first-order chi connectivity index (χ1) is 13.5. The van der Waals surface area contributed by atoms with Crippen molar-refractivity contribution < 1.29 is 9.53 Å². The van der Waals surface area contributed by atoms with Crippen LogP contribution in [0.5, 0.6) is 5.06 Å². The fourth-order valence-corrected chi connectivity index (χ4v) is 3.67. The Bertz CT molecular complexity index is 1170. The molecule has 28 heavy (non-hydrogen) atoms. The van der Waals surface area contributed by atoms with Crippen LogP contribution < -0.4 is 15.8 Å². The van der Waals surface area contributed by atoms with Crippen molar-refractivity contribution in [3.8, 4) is 15.8 Å². The Morgan fingerprint density at radius 1 is 1.29 bits per heavy atom. The number of methoxy groups -OCH3 is 1. The van der Waals surface area contributed by atoms with Gasteiger partial charge in [-0.2, -0.15) is 4.52 Å². The molecule has 142 valence electrons. The molecule has 0 radical (unpaired) electrons. The number of fused-ring (bicyclic) bond motifs is 1. The highest BCUT2D eigenvalue weighted by molar-refractivity contribution is 7.17. The normalized spacial score (nSPS) is 10.9. The molecule has 0 bridgehead atoms. The second kappa shape index (κ2) is 7.49. The Labute approximate surface area is 169 Å². The average Bonchev–Trinajstić information content (AvgIpc) is 3.34. The topological polar surface area (TPSA) is 94.5 Å². The molecule has 0 aliphatic heterocycles. The zero-order valence-electron chi connectivity index (χ0n) is 14.8. The molecule has 0 saturated heterocycles. The summed E-state index contributed by atoms with van der Waals surface area (Å²) in [5.41, 5.74) is 7.82. The van der Waals surface area contributed by atoms with E-state index < -0.39 is 0 Å². The van der Waals surface area contributed by atoms with Crippen molar-refractivity contribution in [2.75, 3.05) is 12.8 Å². The quantitative estimate of drug-likeness (QED) is 0.521. The summed E-state index contributed by atoms with van der Waals surface area (Å²) in [5.74, 6) is 0.577. The van der Waals surface area contributed by atoms with E-state index in [4.69, 9.17) is 22.1 Å². The molecule has 0 fully saturated rings. The van der Waals surface area contributed by atoms with E-state index in [0.29, 0.717) is 34.4 Å². The van der Waals surface area contributed by atoms with E-state index in [2.05, 4.69) is 15.4 Å². The standard InChI is InChI=1S/C19H16ClN5O2S/c1-27-17-7-6-14(28-17)18-23-16-9-12(8-15(21)25(16)24-18)19(26)22-10-11-4-2-3-5-13(11)20/h2-9H,10,21H2,1H3,(H,22,26). The lowest BCUT2D eigenvalue weighted by Gasteiger charge is -2.08. The lowest BCUT2D eigenvalue weighted by Crippen LogP contribution is -2.23. The van der Waals surface area contributed by atoms with Gasteiger partial charge in [-0.05, 0) is 35.9 Å². The molecule has 9 heteroatoms. The van der Waals surface area contributed by atoms with E-state index in [1.165, 1.54) is 15.9 Å². The van der Waals surface area contributed by atoms with E-state index in [0.717, 1.165) is 15.5 Å². The summed E-state index contributed by atoms with van der Waals surface area (Å²) in [6.07, 6.45) is 0. The maximum Gasteiger partial charge on any atom is 0.251 e. The van der Waals surface area contributed by atoms with Crippen LogP contribution in [-0.4, -0.2) is 27.6 Å². The Morgan fingerprint density at radius 2 is 2.11 bits per heavy atom. The molecule has 0 atom stereocenters.